The van der Waals surface area contributed by atoms with Crippen LogP contribution in [0.3, 0.4) is 0 Å². The molecule has 2 aromatic rings. The zero-order chi connectivity index (χ0) is 21.1. The largest absolute Gasteiger partial charge is 0.511 e. The summed E-state index contributed by atoms with van der Waals surface area (Å²) in [4.78, 5) is 18.3. The second-order valence-corrected chi connectivity index (χ2v) is 7.89. The molecular weight excluding hydrogens is 362 g/mol. The number of hydrogen-bond acceptors (Lipinski definition) is 4. The van der Waals surface area contributed by atoms with E-state index in [1.165, 1.54) is 33.0 Å². The van der Waals surface area contributed by atoms with Gasteiger partial charge in [0.05, 0.1) is 11.3 Å². The molecule has 4 heteroatoms. The van der Waals surface area contributed by atoms with Gasteiger partial charge in [0.25, 0.3) is 0 Å². The maximum absolute atomic E-state index is 13.1. The number of carbonyl (C=O) groups is 1. The summed E-state index contributed by atoms with van der Waals surface area (Å²) >= 11 is 0. The van der Waals surface area contributed by atoms with Crippen molar-refractivity contribution in [1.29, 1.82) is 0 Å². The number of nitrogens with zero attached hydrogens (tertiary/aromatic N) is 1. The van der Waals surface area contributed by atoms with E-state index < -0.39 is 0 Å². The van der Waals surface area contributed by atoms with E-state index in [9.17, 15) is 9.90 Å². The number of aryl methyl sites for hydroxylation is 1. The molecule has 4 nitrogen and oxygen atoms in total. The smallest absolute Gasteiger partial charge is 0.168 e. The number of hydrogen-bond donors (Lipinski definition) is 1. The third-order valence-corrected chi connectivity index (χ3v) is 6.08. The summed E-state index contributed by atoms with van der Waals surface area (Å²) in [6.45, 7) is 10.7. The van der Waals surface area contributed by atoms with Crippen LogP contribution < -0.4 is 0 Å². The first-order valence-corrected chi connectivity index (χ1v) is 10.5. The van der Waals surface area contributed by atoms with E-state index in [-0.39, 0.29) is 17.5 Å². The molecule has 0 spiro atoms. The van der Waals surface area contributed by atoms with E-state index in [2.05, 4.69) is 44.1 Å². The van der Waals surface area contributed by atoms with Gasteiger partial charge in [-0.2, -0.15) is 0 Å². The number of allylic oxidation sites excluding steroid dienone is 2. The maximum Gasteiger partial charge on any atom is 0.168 e. The number of aliphatic hydroxyl groups excluding tert-OH is 1. The minimum absolute atomic E-state index is 0.0366. The molecule has 1 unspecified atom stereocenters. The van der Waals surface area contributed by atoms with Crippen molar-refractivity contribution in [2.75, 3.05) is 6.61 Å². The van der Waals surface area contributed by atoms with Crippen LogP contribution in [-0.2, 0) is 9.63 Å². The fraction of sp³-hybridized carbons (Fsp3) is 0.440. The molecule has 154 valence electrons. The average molecular weight is 394 g/mol. The quantitative estimate of drug-likeness (QED) is 0.468. The molecule has 0 fully saturated rings. The van der Waals surface area contributed by atoms with Crippen LogP contribution >= 0.6 is 0 Å². The highest BCUT2D eigenvalue weighted by molar-refractivity contribution is 6.23. The first-order valence-electron chi connectivity index (χ1n) is 10.5. The van der Waals surface area contributed by atoms with Crippen LogP contribution in [0.2, 0.25) is 0 Å². The molecule has 3 rings (SSSR count). The topological polar surface area (TPSA) is 58.9 Å². The van der Waals surface area contributed by atoms with Gasteiger partial charge < -0.3 is 9.94 Å². The number of oxime groups is 1. The number of carbonyl (C=O) groups excluding carboxylic acids is 1. The molecule has 1 aliphatic carbocycles. The average Bonchev–Trinajstić information content (AvgIpc) is 2.70. The van der Waals surface area contributed by atoms with Gasteiger partial charge in [0.1, 0.15) is 12.4 Å². The zero-order valence-electron chi connectivity index (χ0n) is 18.1. The molecule has 0 aliphatic heterocycles. The van der Waals surface area contributed by atoms with Crippen molar-refractivity contribution in [1.82, 2.24) is 0 Å². The molecule has 2 aromatic carbocycles. The predicted octanol–water partition coefficient (Wildman–Crippen LogP) is 6.22. The third kappa shape index (κ3) is 3.93. The van der Waals surface area contributed by atoms with Crippen LogP contribution in [0.4, 0.5) is 0 Å². The molecule has 1 atom stereocenters. The van der Waals surface area contributed by atoms with Gasteiger partial charge >= 0.3 is 0 Å². The number of benzene rings is 2. The fourth-order valence-corrected chi connectivity index (χ4v) is 4.48. The molecule has 0 amide bonds. The van der Waals surface area contributed by atoms with Gasteiger partial charge in [0.15, 0.2) is 5.78 Å². The molecule has 1 N–H and O–H groups in total. The van der Waals surface area contributed by atoms with Crippen molar-refractivity contribution in [3.05, 3.63) is 57.9 Å². The second kappa shape index (κ2) is 8.81. The minimum Gasteiger partial charge on any atom is -0.511 e. The molecular formula is C25H31NO3. The van der Waals surface area contributed by atoms with E-state index in [1.807, 2.05) is 19.9 Å². The highest BCUT2D eigenvalue weighted by atomic mass is 16.6. The highest BCUT2D eigenvalue weighted by Gasteiger charge is 2.33. The monoisotopic (exact) mass is 393 g/mol. The van der Waals surface area contributed by atoms with Crippen molar-refractivity contribution in [2.45, 2.75) is 66.2 Å². The van der Waals surface area contributed by atoms with E-state index in [4.69, 9.17) is 4.84 Å². The van der Waals surface area contributed by atoms with E-state index in [0.29, 0.717) is 37.2 Å². The summed E-state index contributed by atoms with van der Waals surface area (Å²) in [5, 5.41) is 17.4. The summed E-state index contributed by atoms with van der Waals surface area (Å²) in [5.74, 6) is 0.0534. The van der Waals surface area contributed by atoms with Gasteiger partial charge in [-0.25, -0.2) is 0 Å². The van der Waals surface area contributed by atoms with Crippen LogP contribution in [-0.4, -0.2) is 23.2 Å². The van der Waals surface area contributed by atoms with Crippen LogP contribution in [0.15, 0.2) is 40.8 Å². The molecule has 0 heterocycles. The van der Waals surface area contributed by atoms with E-state index in [0.717, 1.165) is 6.42 Å². The van der Waals surface area contributed by atoms with Crippen LogP contribution in [0.5, 0.6) is 0 Å². The summed E-state index contributed by atoms with van der Waals surface area (Å²) in [5.41, 5.74) is 5.86. The van der Waals surface area contributed by atoms with E-state index in [1.54, 1.807) is 0 Å². The number of ketones is 1. The van der Waals surface area contributed by atoms with Crippen molar-refractivity contribution in [3.8, 4) is 0 Å². The lowest BCUT2D eigenvalue weighted by Crippen LogP contribution is -2.24. The van der Waals surface area contributed by atoms with Gasteiger partial charge in [-0.3, -0.25) is 4.79 Å². The summed E-state index contributed by atoms with van der Waals surface area (Å²) in [6.07, 6.45) is 2.27. The molecule has 0 radical (unpaired) electrons. The Kier molecular flexibility index (Phi) is 6.41. The Hall–Kier alpha value is -2.62. The summed E-state index contributed by atoms with van der Waals surface area (Å²) in [7, 11) is 0. The normalized spacial score (nSPS) is 17.9. The van der Waals surface area contributed by atoms with Gasteiger partial charge in [0, 0.05) is 12.8 Å². The standard InChI is InChI=1S/C25H31NO3/c1-6-10-21(26-29-7-2)25-22(27)13-18(14-23(25)28)24-17(5)15(3)16(4)19-11-8-9-12-20(19)24/h8-9,11-12,18,27H,6-7,10,13-14H2,1-5H3. The molecule has 0 aromatic heterocycles. The fourth-order valence-electron chi connectivity index (χ4n) is 4.48. The Morgan fingerprint density at radius 1 is 1.07 bits per heavy atom. The Morgan fingerprint density at radius 3 is 2.38 bits per heavy atom. The molecule has 0 saturated heterocycles. The number of aliphatic hydroxyl groups is 1. The van der Waals surface area contributed by atoms with Crippen molar-refractivity contribution in [3.63, 3.8) is 0 Å². The number of rotatable bonds is 6. The third-order valence-electron chi connectivity index (χ3n) is 6.08. The Balaban J connectivity index is 2.09. The predicted molar refractivity (Wildman–Crippen MR) is 119 cm³/mol. The Bertz CT molecular complexity index is 1000. The van der Waals surface area contributed by atoms with Crippen molar-refractivity contribution >= 4 is 22.3 Å². The van der Waals surface area contributed by atoms with Gasteiger partial charge in [-0.15, -0.1) is 0 Å². The van der Waals surface area contributed by atoms with Crippen LogP contribution in [0.25, 0.3) is 10.8 Å². The zero-order valence-corrected chi connectivity index (χ0v) is 18.1. The van der Waals surface area contributed by atoms with Crippen molar-refractivity contribution < 1.29 is 14.7 Å². The molecule has 29 heavy (non-hydrogen) atoms. The first kappa shape index (κ1) is 21.1. The minimum atomic E-state index is -0.0487. The molecule has 0 saturated carbocycles. The van der Waals surface area contributed by atoms with Crippen molar-refractivity contribution in [2.24, 2.45) is 5.16 Å². The number of fused-ring (bicyclic) bond motifs is 1. The lowest BCUT2D eigenvalue weighted by molar-refractivity contribution is -0.116. The molecule has 1 aliphatic rings. The summed E-state index contributed by atoms with van der Waals surface area (Å²) in [6, 6.07) is 8.36. The van der Waals surface area contributed by atoms with Gasteiger partial charge in [0.2, 0.25) is 0 Å². The lowest BCUT2D eigenvalue weighted by Gasteiger charge is -2.28. The Morgan fingerprint density at radius 2 is 1.76 bits per heavy atom. The first-order chi connectivity index (χ1) is 13.9. The SMILES string of the molecule is CCCC(=NOCC)C1=C(O)CC(c2c(C)c(C)c(C)c3ccccc23)CC1=O. The van der Waals surface area contributed by atoms with Crippen LogP contribution in [0.1, 0.15) is 67.7 Å². The van der Waals surface area contributed by atoms with Gasteiger partial charge in [-0.05, 0) is 73.1 Å². The second-order valence-electron chi connectivity index (χ2n) is 7.89. The maximum atomic E-state index is 13.1. The summed E-state index contributed by atoms with van der Waals surface area (Å²) < 4.78 is 0. The van der Waals surface area contributed by atoms with Crippen LogP contribution in [0, 0.1) is 20.8 Å². The highest BCUT2D eigenvalue weighted by Crippen LogP contribution is 2.41. The molecule has 0 bridgehead atoms. The van der Waals surface area contributed by atoms with E-state index >= 15 is 0 Å². The number of Topliss-reactive ketones (excluding diaryl/α,β-unsaturated/α-hetero) is 1. The lowest BCUT2D eigenvalue weighted by atomic mass is 9.76. The van der Waals surface area contributed by atoms with Gasteiger partial charge in [-0.1, -0.05) is 42.8 Å². The Labute approximate surface area is 173 Å².